The Labute approximate surface area is 173 Å². The molecule has 0 spiro atoms. The molecule has 1 atom stereocenters. The van der Waals surface area contributed by atoms with Gasteiger partial charge in [-0.05, 0) is 44.0 Å². The number of hydrogen-bond donors (Lipinski definition) is 0. The number of benzene rings is 1. The van der Waals surface area contributed by atoms with Crippen molar-refractivity contribution in [1.82, 2.24) is 10.1 Å². The molecule has 1 unspecified atom stereocenters. The number of furan rings is 1. The average molecular weight is 432 g/mol. The van der Waals surface area contributed by atoms with Gasteiger partial charge < -0.3 is 13.8 Å². The number of rotatable bonds is 5. The van der Waals surface area contributed by atoms with Crippen LogP contribution in [-0.4, -0.2) is 41.9 Å². The summed E-state index contributed by atoms with van der Waals surface area (Å²) in [6.07, 6.45) is 0.349. The highest BCUT2D eigenvalue weighted by Crippen LogP contribution is 2.26. The molecule has 9 heteroatoms. The van der Waals surface area contributed by atoms with Crippen molar-refractivity contribution in [1.29, 1.82) is 0 Å². The van der Waals surface area contributed by atoms with Crippen LogP contribution >= 0.6 is 0 Å². The maximum absolute atomic E-state index is 13.9. The van der Waals surface area contributed by atoms with Gasteiger partial charge in [0.1, 0.15) is 17.3 Å². The normalized spacial score (nSPS) is 17.9. The molecular formula is C21H21FN2O5S. The highest BCUT2D eigenvalue weighted by molar-refractivity contribution is 7.91. The quantitative estimate of drug-likeness (QED) is 0.612. The molecule has 3 heterocycles. The minimum Gasteiger partial charge on any atom is -0.464 e. The first-order valence-electron chi connectivity index (χ1n) is 9.52. The number of carbonyl (C=O) groups excluding carboxylic acids is 1. The maximum atomic E-state index is 13.9. The molecule has 2 aromatic heterocycles. The molecule has 0 saturated carbocycles. The van der Waals surface area contributed by atoms with E-state index in [1.807, 2.05) is 0 Å². The molecule has 1 fully saturated rings. The van der Waals surface area contributed by atoms with Crippen molar-refractivity contribution in [3.63, 3.8) is 0 Å². The molecule has 1 saturated heterocycles. The van der Waals surface area contributed by atoms with Gasteiger partial charge in [-0.2, -0.15) is 0 Å². The zero-order valence-corrected chi connectivity index (χ0v) is 17.4. The van der Waals surface area contributed by atoms with Crippen LogP contribution in [0.15, 0.2) is 45.3 Å². The second-order valence-corrected chi connectivity index (χ2v) is 9.77. The van der Waals surface area contributed by atoms with Crippen LogP contribution in [0.4, 0.5) is 4.39 Å². The van der Waals surface area contributed by atoms with Gasteiger partial charge in [0, 0.05) is 17.7 Å². The monoisotopic (exact) mass is 432 g/mol. The smallest absolute Gasteiger partial charge is 0.276 e. The fourth-order valence-electron chi connectivity index (χ4n) is 3.53. The minimum atomic E-state index is -3.20. The fraction of sp³-hybridized carbons (Fsp3) is 0.333. The van der Waals surface area contributed by atoms with E-state index in [1.54, 1.807) is 38.1 Å². The van der Waals surface area contributed by atoms with Crippen molar-refractivity contribution in [2.45, 2.75) is 32.9 Å². The van der Waals surface area contributed by atoms with Crippen molar-refractivity contribution >= 4 is 15.7 Å². The molecule has 0 N–H and O–H groups in total. The molecule has 4 rings (SSSR count). The van der Waals surface area contributed by atoms with Gasteiger partial charge in [0.05, 0.1) is 18.1 Å². The first-order valence-corrected chi connectivity index (χ1v) is 11.3. The lowest BCUT2D eigenvalue weighted by atomic mass is 10.1. The summed E-state index contributed by atoms with van der Waals surface area (Å²) in [5, 5.41) is 3.85. The maximum Gasteiger partial charge on any atom is 0.276 e. The van der Waals surface area contributed by atoms with E-state index in [4.69, 9.17) is 8.94 Å². The summed E-state index contributed by atoms with van der Waals surface area (Å²) in [6, 6.07) is 9.10. The van der Waals surface area contributed by atoms with Crippen LogP contribution in [0.25, 0.3) is 11.3 Å². The van der Waals surface area contributed by atoms with E-state index < -0.39 is 21.8 Å². The molecule has 0 aliphatic carbocycles. The van der Waals surface area contributed by atoms with Crippen molar-refractivity contribution in [2.75, 3.05) is 11.5 Å². The predicted octanol–water partition coefficient (Wildman–Crippen LogP) is 3.52. The standard InChI is InChI=1S/C21H21FN2O5S/c1-13-3-5-15(9-18(13)22)20-10-19(23-29-20)21(25)24(11-17-6-4-14(2)28-17)16-7-8-30(26,27)12-16/h3-6,9-10,16H,7-8,11-12H2,1-2H3. The Kier molecular flexibility index (Phi) is 5.23. The summed E-state index contributed by atoms with van der Waals surface area (Å²) in [5.74, 6) is 0.579. The predicted molar refractivity (Wildman–Crippen MR) is 107 cm³/mol. The van der Waals surface area contributed by atoms with Gasteiger partial charge in [-0.15, -0.1) is 0 Å². The molecule has 158 valence electrons. The number of carbonyl (C=O) groups is 1. The zero-order chi connectivity index (χ0) is 21.5. The summed E-state index contributed by atoms with van der Waals surface area (Å²) in [6.45, 7) is 3.56. The lowest BCUT2D eigenvalue weighted by Crippen LogP contribution is -2.40. The molecule has 30 heavy (non-hydrogen) atoms. The summed E-state index contributed by atoms with van der Waals surface area (Å²) < 4.78 is 48.7. The molecule has 1 amide bonds. The molecule has 1 aliphatic heterocycles. The molecule has 0 radical (unpaired) electrons. The summed E-state index contributed by atoms with van der Waals surface area (Å²) in [7, 11) is -3.20. The topological polar surface area (TPSA) is 93.6 Å². The largest absolute Gasteiger partial charge is 0.464 e. The van der Waals surface area contributed by atoms with Crippen LogP contribution in [0.1, 0.15) is 34.0 Å². The van der Waals surface area contributed by atoms with Gasteiger partial charge in [0.25, 0.3) is 5.91 Å². The minimum absolute atomic E-state index is 0.0264. The third-order valence-electron chi connectivity index (χ3n) is 5.22. The zero-order valence-electron chi connectivity index (χ0n) is 16.6. The summed E-state index contributed by atoms with van der Waals surface area (Å²) in [5.41, 5.74) is 0.983. The number of aromatic nitrogens is 1. The van der Waals surface area contributed by atoms with E-state index in [1.165, 1.54) is 17.0 Å². The Hall–Kier alpha value is -2.94. The van der Waals surface area contributed by atoms with E-state index >= 15 is 0 Å². The Bertz CT molecular complexity index is 1200. The molecule has 3 aromatic rings. The Morgan fingerprint density at radius 2 is 2.03 bits per heavy atom. The average Bonchev–Trinajstić information content (AvgIpc) is 3.41. The van der Waals surface area contributed by atoms with Gasteiger partial charge >= 0.3 is 0 Å². The lowest BCUT2D eigenvalue weighted by Gasteiger charge is -2.26. The number of nitrogens with zero attached hydrogens (tertiary/aromatic N) is 2. The van der Waals surface area contributed by atoms with E-state index in [9.17, 15) is 17.6 Å². The van der Waals surface area contributed by atoms with Crippen LogP contribution in [-0.2, 0) is 16.4 Å². The third kappa shape index (κ3) is 4.16. The van der Waals surface area contributed by atoms with E-state index in [-0.39, 0.29) is 35.3 Å². The number of hydrogen-bond acceptors (Lipinski definition) is 6. The highest BCUT2D eigenvalue weighted by atomic mass is 32.2. The van der Waals surface area contributed by atoms with Crippen molar-refractivity contribution in [3.8, 4) is 11.3 Å². The number of sulfone groups is 1. The molecule has 1 aliphatic rings. The SMILES string of the molecule is Cc1ccc(CN(C(=O)c2cc(-c3ccc(C)c(F)c3)on2)C2CCS(=O)(=O)C2)o1. The van der Waals surface area contributed by atoms with Gasteiger partial charge in [-0.1, -0.05) is 17.3 Å². The van der Waals surface area contributed by atoms with Crippen LogP contribution in [0.3, 0.4) is 0 Å². The summed E-state index contributed by atoms with van der Waals surface area (Å²) >= 11 is 0. The van der Waals surface area contributed by atoms with Crippen molar-refractivity contribution < 1.29 is 26.5 Å². The molecule has 1 aromatic carbocycles. The van der Waals surface area contributed by atoms with Gasteiger partial charge in [-0.25, -0.2) is 12.8 Å². The Balaban J connectivity index is 1.62. The van der Waals surface area contributed by atoms with Crippen molar-refractivity contribution in [3.05, 3.63) is 65.0 Å². The molecular weight excluding hydrogens is 411 g/mol. The van der Waals surface area contributed by atoms with Crippen LogP contribution < -0.4 is 0 Å². The first-order chi connectivity index (χ1) is 14.2. The number of amides is 1. The molecule has 7 nitrogen and oxygen atoms in total. The van der Waals surface area contributed by atoms with Crippen LogP contribution in [0.5, 0.6) is 0 Å². The van der Waals surface area contributed by atoms with E-state index in [0.29, 0.717) is 29.1 Å². The lowest BCUT2D eigenvalue weighted by molar-refractivity contribution is 0.0655. The Morgan fingerprint density at radius 3 is 2.67 bits per heavy atom. The van der Waals surface area contributed by atoms with Gasteiger partial charge in [0.15, 0.2) is 21.3 Å². The van der Waals surface area contributed by atoms with Crippen molar-refractivity contribution in [2.24, 2.45) is 0 Å². The third-order valence-corrected chi connectivity index (χ3v) is 6.97. The van der Waals surface area contributed by atoms with Crippen LogP contribution in [0, 0.1) is 19.7 Å². The second-order valence-electron chi connectivity index (χ2n) is 7.54. The molecule has 0 bridgehead atoms. The highest BCUT2D eigenvalue weighted by Gasteiger charge is 2.36. The van der Waals surface area contributed by atoms with E-state index in [2.05, 4.69) is 5.16 Å². The van der Waals surface area contributed by atoms with E-state index in [0.717, 1.165) is 0 Å². The first kappa shape index (κ1) is 20.3. The fourth-order valence-corrected chi connectivity index (χ4v) is 5.26. The Morgan fingerprint density at radius 1 is 1.23 bits per heavy atom. The summed E-state index contributed by atoms with van der Waals surface area (Å²) in [4.78, 5) is 14.7. The number of aryl methyl sites for hydroxylation is 2. The van der Waals surface area contributed by atoms with Gasteiger partial charge in [0.2, 0.25) is 0 Å². The second kappa shape index (κ2) is 7.71. The van der Waals surface area contributed by atoms with Gasteiger partial charge in [-0.3, -0.25) is 4.79 Å². The van der Waals surface area contributed by atoms with Crippen LogP contribution in [0.2, 0.25) is 0 Å². The number of halogens is 1.